The van der Waals surface area contributed by atoms with Crippen molar-refractivity contribution in [1.29, 1.82) is 0 Å². The van der Waals surface area contributed by atoms with Crippen LogP contribution in [0.25, 0.3) is 11.1 Å². The van der Waals surface area contributed by atoms with Gasteiger partial charge in [-0.05, 0) is 79.1 Å². The van der Waals surface area contributed by atoms with Crippen LogP contribution in [-0.4, -0.2) is 46.4 Å². The number of carbonyl (C=O) groups is 1. The molecular weight excluding hydrogens is 394 g/mol. The summed E-state index contributed by atoms with van der Waals surface area (Å²) >= 11 is 0. The van der Waals surface area contributed by atoms with Crippen molar-refractivity contribution >= 4 is 5.91 Å². The molecule has 32 heavy (non-hydrogen) atoms. The fourth-order valence-corrected chi connectivity index (χ4v) is 5.02. The number of hydrogen-bond donors (Lipinski definition) is 0. The Bertz CT molecular complexity index is 1080. The van der Waals surface area contributed by atoms with Crippen LogP contribution in [0.3, 0.4) is 0 Å². The van der Waals surface area contributed by atoms with E-state index < -0.39 is 0 Å². The van der Waals surface area contributed by atoms with Crippen molar-refractivity contribution < 1.29 is 4.79 Å². The largest absolute Gasteiger partial charge is 0.333 e. The van der Waals surface area contributed by atoms with Crippen molar-refractivity contribution in [2.24, 2.45) is 0 Å². The highest BCUT2D eigenvalue weighted by Gasteiger charge is 2.23. The third kappa shape index (κ3) is 4.46. The molecule has 3 aromatic rings. The molecule has 1 fully saturated rings. The molecule has 4 heteroatoms. The first-order valence-electron chi connectivity index (χ1n) is 11.8. The molecule has 0 N–H and O–H groups in total. The minimum absolute atomic E-state index is 0.0132. The summed E-state index contributed by atoms with van der Waals surface area (Å²) in [6, 6.07) is 22.0. The maximum atomic E-state index is 12.7. The first-order valence-corrected chi connectivity index (χ1v) is 11.8. The van der Waals surface area contributed by atoms with Gasteiger partial charge in [0.15, 0.2) is 0 Å². The standard InChI is InChI=1S/C28H31N3O/c1-21-5-4-16-30(21)17-13-22-7-9-23(10-8-22)24-11-12-26-20-31(18-14-25(26)19-24)28(32)27-6-2-3-15-29-27/h2-3,6-12,15,19,21H,4-5,13-14,16-18,20H2,1H3/t21-/m1/s1. The summed E-state index contributed by atoms with van der Waals surface area (Å²) < 4.78 is 0. The van der Waals surface area contributed by atoms with Crippen molar-refractivity contribution in [3.63, 3.8) is 0 Å². The van der Waals surface area contributed by atoms with E-state index in [2.05, 4.69) is 59.3 Å². The van der Waals surface area contributed by atoms with Gasteiger partial charge >= 0.3 is 0 Å². The number of amides is 1. The fraction of sp³-hybridized carbons (Fsp3) is 0.357. The number of benzene rings is 2. The van der Waals surface area contributed by atoms with Crippen molar-refractivity contribution in [2.75, 3.05) is 19.6 Å². The van der Waals surface area contributed by atoms with Gasteiger partial charge in [0, 0.05) is 31.9 Å². The Kier molecular flexibility index (Phi) is 6.04. The Morgan fingerprint density at radius 2 is 1.84 bits per heavy atom. The SMILES string of the molecule is C[C@@H]1CCCN1CCc1ccc(-c2ccc3c(c2)CCN(C(=O)c2ccccn2)C3)cc1. The molecule has 1 atom stereocenters. The van der Waals surface area contributed by atoms with E-state index in [9.17, 15) is 4.79 Å². The van der Waals surface area contributed by atoms with Crippen molar-refractivity contribution in [3.8, 4) is 11.1 Å². The minimum Gasteiger partial charge on any atom is -0.333 e. The van der Waals surface area contributed by atoms with Gasteiger partial charge in [-0.1, -0.05) is 48.5 Å². The second-order valence-electron chi connectivity index (χ2n) is 9.15. The van der Waals surface area contributed by atoms with Crippen LogP contribution in [0.4, 0.5) is 0 Å². The number of rotatable bonds is 5. The Hall–Kier alpha value is -2.98. The van der Waals surface area contributed by atoms with Crippen LogP contribution < -0.4 is 0 Å². The van der Waals surface area contributed by atoms with Gasteiger partial charge < -0.3 is 9.80 Å². The predicted molar refractivity (Wildman–Crippen MR) is 129 cm³/mol. The average Bonchev–Trinajstić information content (AvgIpc) is 3.27. The zero-order chi connectivity index (χ0) is 21.9. The first-order chi connectivity index (χ1) is 15.7. The molecule has 1 amide bonds. The van der Waals surface area contributed by atoms with E-state index >= 15 is 0 Å². The second kappa shape index (κ2) is 9.25. The second-order valence-corrected chi connectivity index (χ2v) is 9.15. The molecule has 4 nitrogen and oxygen atoms in total. The van der Waals surface area contributed by atoms with Gasteiger partial charge in [-0.25, -0.2) is 0 Å². The number of nitrogens with zero attached hydrogens (tertiary/aromatic N) is 3. The highest BCUT2D eigenvalue weighted by Crippen LogP contribution is 2.27. The number of likely N-dealkylation sites (tertiary alicyclic amines) is 1. The lowest BCUT2D eigenvalue weighted by Gasteiger charge is -2.29. The van der Waals surface area contributed by atoms with Crippen LogP contribution >= 0.6 is 0 Å². The number of fused-ring (bicyclic) bond motifs is 1. The number of aromatic nitrogens is 1. The smallest absolute Gasteiger partial charge is 0.272 e. The molecule has 0 saturated carbocycles. The van der Waals surface area contributed by atoms with Gasteiger partial charge in [-0.3, -0.25) is 9.78 Å². The molecule has 0 radical (unpaired) electrons. The summed E-state index contributed by atoms with van der Waals surface area (Å²) in [4.78, 5) is 21.5. The van der Waals surface area contributed by atoms with Gasteiger partial charge in [0.1, 0.15) is 5.69 Å². The van der Waals surface area contributed by atoms with Gasteiger partial charge in [0.2, 0.25) is 0 Å². The topological polar surface area (TPSA) is 36.4 Å². The summed E-state index contributed by atoms with van der Waals surface area (Å²) in [5.74, 6) is 0.0132. The molecule has 0 unspecified atom stereocenters. The molecule has 0 spiro atoms. The van der Waals surface area contributed by atoms with Gasteiger partial charge in [-0.15, -0.1) is 0 Å². The highest BCUT2D eigenvalue weighted by atomic mass is 16.2. The van der Waals surface area contributed by atoms with Crippen LogP contribution in [0.1, 0.15) is 46.9 Å². The van der Waals surface area contributed by atoms with E-state index in [0.29, 0.717) is 12.2 Å². The van der Waals surface area contributed by atoms with E-state index in [1.165, 1.54) is 47.2 Å². The van der Waals surface area contributed by atoms with E-state index in [0.717, 1.165) is 32.0 Å². The fourth-order valence-electron chi connectivity index (χ4n) is 5.02. The minimum atomic E-state index is 0.0132. The predicted octanol–water partition coefficient (Wildman–Crippen LogP) is 4.97. The lowest BCUT2D eigenvalue weighted by Crippen LogP contribution is -2.36. The van der Waals surface area contributed by atoms with E-state index in [4.69, 9.17) is 0 Å². The molecule has 1 aromatic heterocycles. The Morgan fingerprint density at radius 1 is 1.00 bits per heavy atom. The Labute approximate surface area is 190 Å². The van der Waals surface area contributed by atoms with Crippen molar-refractivity contribution in [1.82, 2.24) is 14.8 Å². The summed E-state index contributed by atoms with van der Waals surface area (Å²) in [5, 5.41) is 0. The monoisotopic (exact) mass is 425 g/mol. The lowest BCUT2D eigenvalue weighted by atomic mass is 9.94. The molecule has 2 aliphatic rings. The van der Waals surface area contributed by atoms with Crippen LogP contribution in [0.15, 0.2) is 66.9 Å². The quantitative estimate of drug-likeness (QED) is 0.579. The van der Waals surface area contributed by atoms with Gasteiger partial charge in [0.05, 0.1) is 0 Å². The molecule has 164 valence electrons. The number of carbonyl (C=O) groups excluding carboxylic acids is 1. The molecule has 1 saturated heterocycles. The van der Waals surface area contributed by atoms with Crippen molar-refractivity contribution in [2.45, 2.75) is 45.2 Å². The van der Waals surface area contributed by atoms with Gasteiger partial charge in [-0.2, -0.15) is 0 Å². The molecule has 3 heterocycles. The van der Waals surface area contributed by atoms with E-state index in [1.807, 2.05) is 17.0 Å². The van der Waals surface area contributed by atoms with E-state index in [1.54, 1.807) is 12.3 Å². The molecule has 2 aromatic carbocycles. The third-order valence-corrected chi connectivity index (χ3v) is 7.06. The maximum absolute atomic E-state index is 12.7. The molecule has 0 aliphatic carbocycles. The summed E-state index contributed by atoms with van der Waals surface area (Å²) in [7, 11) is 0. The third-order valence-electron chi connectivity index (χ3n) is 7.06. The zero-order valence-corrected chi connectivity index (χ0v) is 18.8. The summed E-state index contributed by atoms with van der Waals surface area (Å²) in [5.41, 5.74) is 7.03. The maximum Gasteiger partial charge on any atom is 0.272 e. The number of pyridine rings is 1. The van der Waals surface area contributed by atoms with Crippen molar-refractivity contribution in [3.05, 3.63) is 89.2 Å². The first kappa shape index (κ1) is 20.9. The highest BCUT2D eigenvalue weighted by molar-refractivity contribution is 5.92. The van der Waals surface area contributed by atoms with Crippen LogP contribution in [0, 0.1) is 0 Å². The molecular formula is C28H31N3O. The lowest BCUT2D eigenvalue weighted by molar-refractivity contribution is 0.0729. The van der Waals surface area contributed by atoms with Crippen LogP contribution in [0.5, 0.6) is 0 Å². The molecule has 2 aliphatic heterocycles. The molecule has 5 rings (SSSR count). The Balaban J connectivity index is 1.24. The van der Waals surface area contributed by atoms with E-state index in [-0.39, 0.29) is 5.91 Å². The summed E-state index contributed by atoms with van der Waals surface area (Å²) in [6.45, 7) is 6.14. The average molecular weight is 426 g/mol. The molecule has 0 bridgehead atoms. The normalized spacial score (nSPS) is 18.5. The Morgan fingerprint density at radius 3 is 2.59 bits per heavy atom. The summed E-state index contributed by atoms with van der Waals surface area (Å²) in [6.07, 6.45) is 6.36. The number of hydrogen-bond acceptors (Lipinski definition) is 3. The zero-order valence-electron chi connectivity index (χ0n) is 18.8. The van der Waals surface area contributed by atoms with Crippen LogP contribution in [0.2, 0.25) is 0 Å². The van der Waals surface area contributed by atoms with Crippen LogP contribution in [-0.2, 0) is 19.4 Å². The van der Waals surface area contributed by atoms with Gasteiger partial charge in [0.25, 0.3) is 5.91 Å².